The fraction of sp³-hybridized carbons (Fsp3) is 0.273. The van der Waals surface area contributed by atoms with Gasteiger partial charge in [-0.3, -0.25) is 0 Å². The van der Waals surface area contributed by atoms with Crippen LogP contribution in [0.25, 0.3) is 0 Å². The number of rotatable bonds is 4. The van der Waals surface area contributed by atoms with Crippen LogP contribution in [0.3, 0.4) is 0 Å². The Morgan fingerprint density at radius 1 is 1.44 bits per heavy atom. The molecule has 0 radical (unpaired) electrons. The fourth-order valence-corrected chi connectivity index (χ4v) is 1.49. The number of anilines is 1. The van der Waals surface area contributed by atoms with Gasteiger partial charge < -0.3 is 9.73 Å². The van der Waals surface area contributed by atoms with Crippen molar-refractivity contribution in [3.05, 3.63) is 41.6 Å². The molecule has 1 N–H and O–H groups in total. The molecule has 0 saturated carbocycles. The molecular formula is C11H12ClN3O. The van der Waals surface area contributed by atoms with E-state index in [2.05, 4.69) is 15.3 Å². The molecule has 2 heterocycles. The molecule has 2 aromatic heterocycles. The van der Waals surface area contributed by atoms with Crippen molar-refractivity contribution < 1.29 is 4.42 Å². The normalized spacial score (nSPS) is 12.4. The standard InChI is InChI=1S/C11H12ClN3O/c1-8(5-10-3-2-4-16-10)15-11-13-6-9(12)7-14-11/h2-4,6-8H,5H2,1H3,(H,13,14,15). The first kappa shape index (κ1) is 11.0. The monoisotopic (exact) mass is 237 g/mol. The second-order valence-corrected chi connectivity index (χ2v) is 3.99. The van der Waals surface area contributed by atoms with Gasteiger partial charge in [0, 0.05) is 12.5 Å². The van der Waals surface area contributed by atoms with E-state index in [-0.39, 0.29) is 6.04 Å². The van der Waals surface area contributed by atoms with Gasteiger partial charge in [-0.05, 0) is 19.1 Å². The van der Waals surface area contributed by atoms with Gasteiger partial charge in [-0.2, -0.15) is 0 Å². The minimum absolute atomic E-state index is 0.201. The van der Waals surface area contributed by atoms with Crippen LogP contribution >= 0.6 is 11.6 Å². The molecule has 0 amide bonds. The highest BCUT2D eigenvalue weighted by molar-refractivity contribution is 6.30. The Hall–Kier alpha value is -1.55. The third-order valence-corrected chi connectivity index (χ3v) is 2.28. The quantitative estimate of drug-likeness (QED) is 0.889. The molecule has 0 fully saturated rings. The van der Waals surface area contributed by atoms with Crippen LogP contribution in [0.4, 0.5) is 5.95 Å². The van der Waals surface area contributed by atoms with Crippen molar-refractivity contribution in [2.45, 2.75) is 19.4 Å². The SMILES string of the molecule is CC(Cc1ccco1)Nc1ncc(Cl)cn1. The molecule has 1 atom stereocenters. The number of aromatic nitrogens is 2. The Kier molecular flexibility index (Phi) is 3.41. The number of furan rings is 1. The molecule has 4 nitrogen and oxygen atoms in total. The zero-order valence-electron chi connectivity index (χ0n) is 8.85. The number of hydrogen-bond donors (Lipinski definition) is 1. The third-order valence-electron chi connectivity index (χ3n) is 2.08. The molecular weight excluding hydrogens is 226 g/mol. The van der Waals surface area contributed by atoms with Crippen LogP contribution in [0.2, 0.25) is 5.02 Å². The molecule has 0 saturated heterocycles. The van der Waals surface area contributed by atoms with Crippen LogP contribution in [0.15, 0.2) is 35.2 Å². The summed E-state index contributed by atoms with van der Waals surface area (Å²) < 4.78 is 5.26. The predicted octanol–water partition coefficient (Wildman–Crippen LogP) is 2.77. The second-order valence-electron chi connectivity index (χ2n) is 3.55. The van der Waals surface area contributed by atoms with Crippen LogP contribution < -0.4 is 5.32 Å². The van der Waals surface area contributed by atoms with E-state index in [0.29, 0.717) is 11.0 Å². The van der Waals surface area contributed by atoms with E-state index in [1.165, 1.54) is 0 Å². The second kappa shape index (κ2) is 4.99. The van der Waals surface area contributed by atoms with Gasteiger partial charge in [0.15, 0.2) is 0 Å². The number of nitrogens with one attached hydrogen (secondary N) is 1. The highest BCUT2D eigenvalue weighted by atomic mass is 35.5. The van der Waals surface area contributed by atoms with Crippen molar-refractivity contribution in [1.29, 1.82) is 0 Å². The Labute approximate surface area is 98.7 Å². The topological polar surface area (TPSA) is 51.0 Å². The lowest BCUT2D eigenvalue weighted by atomic mass is 10.2. The highest BCUT2D eigenvalue weighted by Gasteiger charge is 2.06. The van der Waals surface area contributed by atoms with E-state index in [0.717, 1.165) is 12.2 Å². The molecule has 84 valence electrons. The maximum absolute atomic E-state index is 5.70. The lowest BCUT2D eigenvalue weighted by molar-refractivity contribution is 0.497. The molecule has 0 bridgehead atoms. The number of halogens is 1. The molecule has 2 rings (SSSR count). The van der Waals surface area contributed by atoms with Gasteiger partial charge in [-0.25, -0.2) is 9.97 Å². The Balaban J connectivity index is 1.92. The van der Waals surface area contributed by atoms with Crippen molar-refractivity contribution in [2.75, 3.05) is 5.32 Å². The van der Waals surface area contributed by atoms with Gasteiger partial charge in [0.25, 0.3) is 0 Å². The molecule has 0 spiro atoms. The first-order valence-corrected chi connectivity index (χ1v) is 5.38. The average Bonchev–Trinajstić information content (AvgIpc) is 2.74. The summed E-state index contributed by atoms with van der Waals surface area (Å²) >= 11 is 5.70. The van der Waals surface area contributed by atoms with Crippen molar-refractivity contribution in [1.82, 2.24) is 9.97 Å². The van der Waals surface area contributed by atoms with Crippen molar-refractivity contribution in [3.63, 3.8) is 0 Å². The summed E-state index contributed by atoms with van der Waals surface area (Å²) in [6.07, 6.45) is 5.59. The van der Waals surface area contributed by atoms with Gasteiger partial charge in [0.2, 0.25) is 5.95 Å². The zero-order chi connectivity index (χ0) is 11.4. The van der Waals surface area contributed by atoms with Crippen molar-refractivity contribution in [2.24, 2.45) is 0 Å². The van der Waals surface area contributed by atoms with Gasteiger partial charge in [-0.1, -0.05) is 11.6 Å². The maximum atomic E-state index is 5.70. The minimum Gasteiger partial charge on any atom is -0.469 e. The van der Waals surface area contributed by atoms with Gasteiger partial charge >= 0.3 is 0 Å². The van der Waals surface area contributed by atoms with Crippen LogP contribution in [0.5, 0.6) is 0 Å². The summed E-state index contributed by atoms with van der Waals surface area (Å²) in [4.78, 5) is 8.13. The lowest BCUT2D eigenvalue weighted by Gasteiger charge is -2.11. The molecule has 16 heavy (non-hydrogen) atoms. The lowest BCUT2D eigenvalue weighted by Crippen LogP contribution is -2.19. The fourth-order valence-electron chi connectivity index (χ4n) is 1.39. The summed E-state index contributed by atoms with van der Waals surface area (Å²) in [7, 11) is 0. The van der Waals surface area contributed by atoms with E-state index in [4.69, 9.17) is 16.0 Å². The third kappa shape index (κ3) is 2.97. The summed E-state index contributed by atoms with van der Waals surface area (Å²) in [5.74, 6) is 1.51. The summed E-state index contributed by atoms with van der Waals surface area (Å²) in [5, 5.41) is 3.70. The van der Waals surface area contributed by atoms with Crippen LogP contribution in [-0.2, 0) is 6.42 Å². The maximum Gasteiger partial charge on any atom is 0.222 e. The predicted molar refractivity (Wildman–Crippen MR) is 62.5 cm³/mol. The van der Waals surface area contributed by atoms with Crippen LogP contribution in [0.1, 0.15) is 12.7 Å². The summed E-state index contributed by atoms with van der Waals surface area (Å²) in [5.41, 5.74) is 0. The molecule has 0 aromatic carbocycles. The summed E-state index contributed by atoms with van der Waals surface area (Å²) in [6, 6.07) is 4.02. The zero-order valence-corrected chi connectivity index (χ0v) is 9.61. The van der Waals surface area contributed by atoms with E-state index in [9.17, 15) is 0 Å². The Bertz CT molecular complexity index is 427. The molecule has 5 heteroatoms. The van der Waals surface area contributed by atoms with E-state index < -0.39 is 0 Å². The average molecular weight is 238 g/mol. The first-order valence-electron chi connectivity index (χ1n) is 5.00. The van der Waals surface area contributed by atoms with Gasteiger partial charge in [-0.15, -0.1) is 0 Å². The molecule has 0 aliphatic heterocycles. The Morgan fingerprint density at radius 3 is 2.81 bits per heavy atom. The molecule has 0 aliphatic carbocycles. The van der Waals surface area contributed by atoms with E-state index in [1.807, 2.05) is 19.1 Å². The van der Waals surface area contributed by atoms with Crippen LogP contribution in [-0.4, -0.2) is 16.0 Å². The van der Waals surface area contributed by atoms with Crippen molar-refractivity contribution >= 4 is 17.5 Å². The van der Waals surface area contributed by atoms with Crippen LogP contribution in [0, 0.1) is 0 Å². The smallest absolute Gasteiger partial charge is 0.222 e. The van der Waals surface area contributed by atoms with Gasteiger partial charge in [0.1, 0.15) is 5.76 Å². The molecule has 2 aromatic rings. The number of hydrogen-bond acceptors (Lipinski definition) is 4. The Morgan fingerprint density at radius 2 is 2.19 bits per heavy atom. The molecule has 1 unspecified atom stereocenters. The van der Waals surface area contributed by atoms with E-state index in [1.54, 1.807) is 18.7 Å². The number of nitrogens with zero attached hydrogens (tertiary/aromatic N) is 2. The highest BCUT2D eigenvalue weighted by Crippen LogP contribution is 2.09. The van der Waals surface area contributed by atoms with Gasteiger partial charge in [0.05, 0.1) is 23.7 Å². The minimum atomic E-state index is 0.201. The first-order chi connectivity index (χ1) is 7.74. The van der Waals surface area contributed by atoms with Crippen molar-refractivity contribution in [3.8, 4) is 0 Å². The largest absolute Gasteiger partial charge is 0.469 e. The summed E-state index contributed by atoms with van der Waals surface area (Å²) in [6.45, 7) is 2.04. The van der Waals surface area contributed by atoms with E-state index >= 15 is 0 Å². The molecule has 0 aliphatic rings.